The SMILES string of the molecule is CC1CN=C(C(C)(C)N=NC(C)(C)C2=NCC(C)N2)N1.O=S(=O)(O)O. The van der Waals surface area contributed by atoms with Gasteiger partial charge in [0.25, 0.3) is 0 Å². The van der Waals surface area contributed by atoms with E-state index in [1.54, 1.807) is 0 Å². The monoisotopic (exact) mass is 376 g/mol. The predicted octanol–water partition coefficient (Wildman–Crippen LogP) is 1.12. The zero-order valence-corrected chi connectivity index (χ0v) is 16.3. The molecule has 0 amide bonds. The number of nitrogens with zero attached hydrogens (tertiary/aromatic N) is 4. The molecule has 0 aromatic rings. The highest BCUT2D eigenvalue weighted by molar-refractivity contribution is 7.79. The molecule has 0 fully saturated rings. The third-order valence-corrected chi connectivity index (χ3v) is 3.52. The van der Waals surface area contributed by atoms with Crippen molar-refractivity contribution < 1.29 is 17.5 Å². The van der Waals surface area contributed by atoms with Crippen LogP contribution in [0, 0.1) is 0 Å². The van der Waals surface area contributed by atoms with Gasteiger partial charge in [-0.05, 0) is 41.5 Å². The fourth-order valence-electron chi connectivity index (χ4n) is 2.19. The standard InChI is InChI=1S/C14H26N6.H2O4S/c1-9-7-15-11(17-9)13(3,4)19-20-14(5,6)12-16-8-10(2)18-12;1-5(2,3)4/h9-10H,7-8H2,1-6H3,(H,15,17)(H,16,18);(H2,1,2,3,4). The Balaban J connectivity index is 0.000000550. The molecule has 2 aliphatic heterocycles. The molecule has 11 heteroatoms. The first-order valence-electron chi connectivity index (χ1n) is 7.97. The molecule has 0 aromatic heterocycles. The number of nitrogens with one attached hydrogen (secondary N) is 2. The van der Waals surface area contributed by atoms with Crippen molar-refractivity contribution in [2.75, 3.05) is 13.1 Å². The molecule has 0 radical (unpaired) electrons. The first-order valence-corrected chi connectivity index (χ1v) is 9.37. The van der Waals surface area contributed by atoms with Gasteiger partial charge in [0.15, 0.2) is 0 Å². The Morgan fingerprint density at radius 2 is 1.20 bits per heavy atom. The molecule has 0 saturated carbocycles. The summed E-state index contributed by atoms with van der Waals surface area (Å²) in [7, 11) is -4.67. The lowest BCUT2D eigenvalue weighted by Crippen LogP contribution is -2.43. The maximum absolute atomic E-state index is 8.74. The van der Waals surface area contributed by atoms with Gasteiger partial charge in [-0.25, -0.2) is 0 Å². The molecule has 2 aliphatic rings. The van der Waals surface area contributed by atoms with Crippen molar-refractivity contribution in [3.05, 3.63) is 0 Å². The van der Waals surface area contributed by atoms with E-state index in [4.69, 9.17) is 17.5 Å². The van der Waals surface area contributed by atoms with Gasteiger partial charge in [-0.2, -0.15) is 18.6 Å². The molecular formula is C14H28N6O4S. The zero-order valence-electron chi connectivity index (χ0n) is 15.5. The van der Waals surface area contributed by atoms with Crippen LogP contribution < -0.4 is 10.6 Å². The summed E-state index contributed by atoms with van der Waals surface area (Å²) < 4.78 is 31.6. The van der Waals surface area contributed by atoms with Gasteiger partial charge in [-0.15, -0.1) is 0 Å². The largest absolute Gasteiger partial charge is 0.394 e. The molecule has 144 valence electrons. The number of hydrogen-bond donors (Lipinski definition) is 4. The van der Waals surface area contributed by atoms with Crippen LogP contribution in [-0.2, 0) is 10.4 Å². The Kier molecular flexibility index (Phi) is 6.65. The van der Waals surface area contributed by atoms with Crippen molar-refractivity contribution in [1.29, 1.82) is 0 Å². The average Bonchev–Trinajstić information content (AvgIpc) is 3.04. The molecule has 2 heterocycles. The molecule has 2 atom stereocenters. The number of rotatable bonds is 4. The highest BCUT2D eigenvalue weighted by atomic mass is 32.3. The summed E-state index contributed by atoms with van der Waals surface area (Å²) in [4.78, 5) is 9.01. The second-order valence-electron chi connectivity index (χ2n) is 7.24. The summed E-state index contributed by atoms with van der Waals surface area (Å²) in [6.45, 7) is 14.0. The van der Waals surface area contributed by atoms with Crippen LogP contribution in [0.4, 0.5) is 0 Å². The fourth-order valence-corrected chi connectivity index (χ4v) is 2.19. The smallest absolute Gasteiger partial charge is 0.367 e. The molecule has 10 nitrogen and oxygen atoms in total. The molecule has 4 N–H and O–H groups in total. The maximum Gasteiger partial charge on any atom is 0.394 e. The van der Waals surface area contributed by atoms with Crippen LogP contribution in [0.2, 0.25) is 0 Å². The van der Waals surface area contributed by atoms with Crippen LogP contribution >= 0.6 is 0 Å². The first-order chi connectivity index (χ1) is 11.2. The Hall–Kier alpha value is -1.59. The van der Waals surface area contributed by atoms with Crippen LogP contribution in [-0.4, -0.2) is 65.4 Å². The van der Waals surface area contributed by atoms with Crippen molar-refractivity contribution in [2.45, 2.75) is 64.7 Å². The average molecular weight is 376 g/mol. The van der Waals surface area contributed by atoms with E-state index in [0.717, 1.165) is 24.8 Å². The van der Waals surface area contributed by atoms with Crippen molar-refractivity contribution in [2.24, 2.45) is 20.2 Å². The third-order valence-electron chi connectivity index (χ3n) is 3.52. The normalized spacial score (nSPS) is 24.2. The summed E-state index contributed by atoms with van der Waals surface area (Å²) in [6, 6.07) is 0.767. The second-order valence-corrected chi connectivity index (χ2v) is 8.13. The number of azo groups is 1. The van der Waals surface area contributed by atoms with Crippen LogP contribution in [0.15, 0.2) is 20.2 Å². The fraction of sp³-hybridized carbons (Fsp3) is 0.857. The maximum atomic E-state index is 8.74. The van der Waals surface area contributed by atoms with Crippen molar-refractivity contribution in [1.82, 2.24) is 10.6 Å². The predicted molar refractivity (Wildman–Crippen MR) is 97.0 cm³/mol. The molecule has 0 spiro atoms. The minimum Gasteiger partial charge on any atom is -0.367 e. The Bertz CT molecular complexity index is 619. The van der Waals surface area contributed by atoms with Crippen molar-refractivity contribution in [3.8, 4) is 0 Å². The van der Waals surface area contributed by atoms with E-state index in [-0.39, 0.29) is 0 Å². The minimum absolute atomic E-state index is 0.384. The lowest BCUT2D eigenvalue weighted by Gasteiger charge is -2.24. The highest BCUT2D eigenvalue weighted by Crippen LogP contribution is 2.20. The summed E-state index contributed by atoms with van der Waals surface area (Å²) in [5.74, 6) is 1.83. The van der Waals surface area contributed by atoms with E-state index in [2.05, 4.69) is 44.7 Å². The Morgan fingerprint density at radius 3 is 1.40 bits per heavy atom. The van der Waals surface area contributed by atoms with Gasteiger partial charge in [0.1, 0.15) is 22.7 Å². The molecule has 0 aromatic carbocycles. The van der Waals surface area contributed by atoms with Gasteiger partial charge in [-0.3, -0.25) is 19.1 Å². The minimum atomic E-state index is -4.67. The number of aliphatic imine (C=N–C) groups is 2. The van der Waals surface area contributed by atoms with E-state index in [0.29, 0.717) is 12.1 Å². The van der Waals surface area contributed by atoms with Gasteiger partial charge >= 0.3 is 10.4 Å². The van der Waals surface area contributed by atoms with E-state index in [9.17, 15) is 0 Å². The Labute approximate surface area is 148 Å². The van der Waals surface area contributed by atoms with Gasteiger partial charge in [0, 0.05) is 12.1 Å². The van der Waals surface area contributed by atoms with E-state index in [1.165, 1.54) is 0 Å². The molecule has 0 aliphatic carbocycles. The quantitative estimate of drug-likeness (QED) is 0.427. The van der Waals surface area contributed by atoms with Gasteiger partial charge < -0.3 is 10.6 Å². The van der Waals surface area contributed by atoms with Gasteiger partial charge in [0.05, 0.1) is 13.1 Å². The molecule has 0 bridgehead atoms. The molecule has 25 heavy (non-hydrogen) atoms. The molecule has 0 saturated heterocycles. The van der Waals surface area contributed by atoms with E-state index in [1.807, 2.05) is 27.7 Å². The number of hydrogen-bond acceptors (Lipinski definition) is 8. The highest BCUT2D eigenvalue weighted by Gasteiger charge is 2.33. The summed E-state index contributed by atoms with van der Waals surface area (Å²) in [5, 5.41) is 15.8. The molecule has 2 rings (SSSR count). The second kappa shape index (κ2) is 7.75. The van der Waals surface area contributed by atoms with Crippen LogP contribution in [0.3, 0.4) is 0 Å². The Morgan fingerprint density at radius 1 is 0.920 bits per heavy atom. The van der Waals surface area contributed by atoms with E-state index < -0.39 is 21.5 Å². The summed E-state index contributed by atoms with van der Waals surface area (Å²) in [5.41, 5.74) is -0.848. The summed E-state index contributed by atoms with van der Waals surface area (Å²) in [6.07, 6.45) is 0. The number of amidine groups is 2. The third kappa shape index (κ3) is 7.45. The molecule has 2 unspecified atom stereocenters. The van der Waals surface area contributed by atoms with Gasteiger partial charge in [-0.1, -0.05) is 0 Å². The zero-order chi connectivity index (χ0) is 19.5. The molecular weight excluding hydrogens is 348 g/mol. The summed E-state index contributed by atoms with van der Waals surface area (Å²) >= 11 is 0. The lowest BCUT2D eigenvalue weighted by molar-refractivity contribution is 0.381. The van der Waals surface area contributed by atoms with Gasteiger partial charge in [0.2, 0.25) is 0 Å². The lowest BCUT2D eigenvalue weighted by atomic mass is 10.0. The van der Waals surface area contributed by atoms with Crippen LogP contribution in [0.5, 0.6) is 0 Å². The topological polar surface area (TPSA) is 148 Å². The van der Waals surface area contributed by atoms with Crippen LogP contribution in [0.25, 0.3) is 0 Å². The first kappa shape index (κ1) is 21.5. The van der Waals surface area contributed by atoms with Crippen molar-refractivity contribution >= 4 is 22.1 Å². The van der Waals surface area contributed by atoms with E-state index >= 15 is 0 Å². The van der Waals surface area contributed by atoms with Crippen molar-refractivity contribution in [3.63, 3.8) is 0 Å². The van der Waals surface area contributed by atoms with Crippen LogP contribution in [0.1, 0.15) is 41.5 Å².